The molecule has 3 amide bonds. The van der Waals surface area contributed by atoms with E-state index >= 15 is 0 Å². The van der Waals surface area contributed by atoms with Crippen LogP contribution in [-0.2, 0) is 27.4 Å². The number of imide groups is 1. The maximum absolute atomic E-state index is 12.6. The molecule has 1 aromatic rings. The van der Waals surface area contributed by atoms with Gasteiger partial charge in [0.2, 0.25) is 11.6 Å². The minimum absolute atomic E-state index is 0. The lowest BCUT2D eigenvalue weighted by Crippen LogP contribution is -3.00. The van der Waals surface area contributed by atoms with Crippen LogP contribution in [0.3, 0.4) is 0 Å². The molecule has 0 radical (unpaired) electrons. The van der Waals surface area contributed by atoms with Gasteiger partial charge in [-0.05, 0) is 19.8 Å². The first-order valence-corrected chi connectivity index (χ1v) is 17.4. The summed E-state index contributed by atoms with van der Waals surface area (Å²) in [5, 5.41) is 3.20. The summed E-state index contributed by atoms with van der Waals surface area (Å²) in [5.74, 6) is -0.348. The molecule has 1 aliphatic rings. The zero-order chi connectivity index (χ0) is 30.4. The van der Waals surface area contributed by atoms with Crippen molar-refractivity contribution >= 4 is 29.9 Å². The third kappa shape index (κ3) is 17.2. The lowest BCUT2D eigenvalue weighted by Gasteiger charge is -2.34. The molecule has 246 valence electrons. The summed E-state index contributed by atoms with van der Waals surface area (Å²) in [4.78, 5) is 37.8. The van der Waals surface area contributed by atoms with Crippen LogP contribution in [0.5, 0.6) is 0 Å². The lowest BCUT2D eigenvalue weighted by atomic mass is 10.0. The van der Waals surface area contributed by atoms with Gasteiger partial charge >= 0.3 is 12.2 Å². The van der Waals surface area contributed by atoms with Crippen LogP contribution in [0.15, 0.2) is 24.4 Å². The molecule has 8 nitrogen and oxygen atoms in total. The Hall–Kier alpha value is -2.00. The van der Waals surface area contributed by atoms with Crippen molar-refractivity contribution in [2.24, 2.45) is 0 Å². The van der Waals surface area contributed by atoms with E-state index < -0.39 is 6.09 Å². The molecule has 0 aliphatic carbocycles. The number of nitrogens with zero attached hydrogens (tertiary/aromatic N) is 2. The molecule has 0 spiro atoms. The predicted molar refractivity (Wildman–Crippen MR) is 169 cm³/mol. The van der Waals surface area contributed by atoms with Crippen molar-refractivity contribution in [3.8, 4) is 0 Å². The standard InChI is InChI=1S/C33H55N3O5S.ClH/c1-4-6-7-8-9-10-11-12-13-14-15-16-17-19-22-34-32(38)40-26-30-24-31(42-30)27-41-33(39)36(28(3)37)25-29-21-18-20-23-35(29)5-2;/h18,20-21,23,30-31H,4-17,19,22,24-27H2,1-3H3;1H/t30-,31-;/m1./s1. The number of pyridine rings is 1. The third-order valence-electron chi connectivity index (χ3n) is 7.80. The number of carbonyl (C=O) groups excluding carboxylic acids is 3. The zero-order valence-corrected chi connectivity index (χ0v) is 28.4. The van der Waals surface area contributed by atoms with Gasteiger partial charge < -0.3 is 27.2 Å². The first-order valence-electron chi connectivity index (χ1n) is 16.4. The van der Waals surface area contributed by atoms with Crippen molar-refractivity contribution < 1.29 is 40.8 Å². The van der Waals surface area contributed by atoms with Crippen molar-refractivity contribution in [2.45, 2.75) is 141 Å². The van der Waals surface area contributed by atoms with Crippen LogP contribution in [0.2, 0.25) is 0 Å². The van der Waals surface area contributed by atoms with Crippen LogP contribution in [0.1, 0.15) is 123 Å². The van der Waals surface area contributed by atoms with E-state index in [1.54, 1.807) is 11.8 Å². The van der Waals surface area contributed by atoms with Crippen LogP contribution in [-0.4, -0.2) is 53.3 Å². The first kappa shape index (κ1) is 39.0. The molecule has 2 heterocycles. The number of unbranched alkanes of at least 4 members (excludes halogenated alkanes) is 13. The fourth-order valence-corrected chi connectivity index (χ4v) is 6.34. The van der Waals surface area contributed by atoms with Gasteiger partial charge in [-0.3, -0.25) is 4.79 Å². The first-order chi connectivity index (χ1) is 20.4. The topological polar surface area (TPSA) is 88.8 Å². The Balaban J connectivity index is 0.00000924. The summed E-state index contributed by atoms with van der Waals surface area (Å²) in [6, 6.07) is 5.70. The summed E-state index contributed by atoms with van der Waals surface area (Å²) in [7, 11) is 0. The molecule has 1 fully saturated rings. The van der Waals surface area contributed by atoms with Crippen molar-refractivity contribution in [1.29, 1.82) is 0 Å². The third-order valence-corrected chi connectivity index (χ3v) is 9.23. The second-order valence-corrected chi connectivity index (χ2v) is 13.0. The van der Waals surface area contributed by atoms with Gasteiger partial charge in [0.1, 0.15) is 26.3 Å². The van der Waals surface area contributed by atoms with Crippen LogP contribution >= 0.6 is 11.8 Å². The predicted octanol–water partition coefficient (Wildman–Crippen LogP) is 4.56. The number of hydrogen-bond donors (Lipinski definition) is 1. The Morgan fingerprint density at radius 2 is 1.40 bits per heavy atom. The van der Waals surface area contributed by atoms with E-state index in [1.807, 2.05) is 35.9 Å². The fraction of sp³-hybridized carbons (Fsp3) is 0.758. The number of carbonyl (C=O) groups is 3. The number of halogens is 1. The number of ether oxygens (including phenoxy) is 2. The number of amides is 3. The van der Waals surface area contributed by atoms with Gasteiger partial charge in [-0.2, -0.15) is 0 Å². The highest BCUT2D eigenvalue weighted by Gasteiger charge is 2.33. The Morgan fingerprint density at radius 1 is 0.860 bits per heavy atom. The number of aromatic nitrogens is 1. The molecule has 0 bridgehead atoms. The molecule has 10 heteroatoms. The highest BCUT2D eigenvalue weighted by Crippen LogP contribution is 2.36. The average Bonchev–Trinajstić information content (AvgIpc) is 2.96. The van der Waals surface area contributed by atoms with Gasteiger partial charge in [-0.15, -0.1) is 11.8 Å². The van der Waals surface area contributed by atoms with E-state index in [0.29, 0.717) is 13.2 Å². The Bertz CT molecular complexity index is 916. The minimum Gasteiger partial charge on any atom is -1.00 e. The Morgan fingerprint density at radius 3 is 1.93 bits per heavy atom. The van der Waals surface area contributed by atoms with Gasteiger partial charge in [0.05, 0.1) is 0 Å². The average molecular weight is 642 g/mol. The van der Waals surface area contributed by atoms with E-state index in [2.05, 4.69) is 12.2 Å². The molecule has 1 N–H and O–H groups in total. The van der Waals surface area contributed by atoms with Gasteiger partial charge in [0, 0.05) is 36.1 Å². The summed E-state index contributed by atoms with van der Waals surface area (Å²) < 4.78 is 12.8. The maximum Gasteiger partial charge on any atom is 0.417 e. The van der Waals surface area contributed by atoms with Crippen molar-refractivity contribution in [3.05, 3.63) is 30.1 Å². The molecule has 1 saturated heterocycles. The summed E-state index contributed by atoms with van der Waals surface area (Å²) in [6.07, 6.45) is 20.2. The monoisotopic (exact) mass is 641 g/mol. The molecule has 0 saturated carbocycles. The van der Waals surface area contributed by atoms with Crippen molar-refractivity contribution in [1.82, 2.24) is 10.2 Å². The van der Waals surface area contributed by atoms with Crippen molar-refractivity contribution in [2.75, 3.05) is 19.8 Å². The maximum atomic E-state index is 12.6. The van der Waals surface area contributed by atoms with Gasteiger partial charge in [-0.25, -0.2) is 19.1 Å². The molecular formula is C33H56ClN3O5S. The van der Waals surface area contributed by atoms with Crippen LogP contribution in [0, 0.1) is 0 Å². The Kier molecular flexibility index (Phi) is 22.1. The molecule has 0 aromatic carbocycles. The van der Waals surface area contributed by atoms with Gasteiger partial charge in [0.15, 0.2) is 6.20 Å². The van der Waals surface area contributed by atoms with E-state index in [9.17, 15) is 14.4 Å². The highest BCUT2D eigenvalue weighted by atomic mass is 35.5. The molecule has 2 rings (SSSR count). The van der Waals surface area contributed by atoms with E-state index in [4.69, 9.17) is 9.47 Å². The SMILES string of the molecule is CCCCCCCCCCCCCCCCNC(=O)OC[C@H]1C[C@H](COC(=O)N(Cc2cccc[n+]2CC)C(C)=O)S1.[Cl-]. The molecule has 2 atom stereocenters. The van der Waals surface area contributed by atoms with E-state index in [-0.39, 0.29) is 48.1 Å². The van der Waals surface area contributed by atoms with E-state index in [0.717, 1.165) is 36.4 Å². The quantitative estimate of drug-likeness (QED) is 0.148. The summed E-state index contributed by atoms with van der Waals surface area (Å²) >= 11 is 1.65. The summed E-state index contributed by atoms with van der Waals surface area (Å²) in [5.41, 5.74) is 0.866. The van der Waals surface area contributed by atoms with Crippen LogP contribution in [0.4, 0.5) is 9.59 Å². The second kappa shape index (κ2) is 24.3. The number of thioether (sulfide) groups is 1. The van der Waals surface area contributed by atoms with Gasteiger partial charge in [0.25, 0.3) is 0 Å². The molecule has 1 aromatic heterocycles. The molecule has 0 unspecified atom stereocenters. The fourth-order valence-electron chi connectivity index (χ4n) is 5.17. The minimum atomic E-state index is -0.628. The molecule has 1 aliphatic heterocycles. The zero-order valence-electron chi connectivity index (χ0n) is 26.8. The largest absolute Gasteiger partial charge is 1.00 e. The number of alkyl carbamates (subject to hydrolysis) is 1. The highest BCUT2D eigenvalue weighted by molar-refractivity contribution is 8.01. The normalized spacial score (nSPS) is 15.6. The van der Waals surface area contributed by atoms with Crippen LogP contribution in [0.25, 0.3) is 0 Å². The molecular weight excluding hydrogens is 586 g/mol. The number of rotatable bonds is 22. The number of nitrogens with one attached hydrogen (secondary N) is 1. The van der Waals surface area contributed by atoms with Gasteiger partial charge in [-0.1, -0.05) is 96.5 Å². The Labute approximate surface area is 270 Å². The lowest BCUT2D eigenvalue weighted by molar-refractivity contribution is -0.701. The molecule has 43 heavy (non-hydrogen) atoms. The second-order valence-electron chi connectivity index (χ2n) is 11.4. The number of aryl methyl sites for hydroxylation is 1. The smallest absolute Gasteiger partial charge is 0.417 e. The van der Waals surface area contributed by atoms with Crippen LogP contribution < -0.4 is 22.3 Å². The van der Waals surface area contributed by atoms with Crippen molar-refractivity contribution in [3.63, 3.8) is 0 Å². The van der Waals surface area contributed by atoms with E-state index in [1.165, 1.54) is 84.0 Å². The number of hydrogen-bond acceptors (Lipinski definition) is 6. The summed E-state index contributed by atoms with van der Waals surface area (Å²) in [6.45, 7) is 7.81.